The Bertz CT molecular complexity index is 972. The smallest absolute Gasteiger partial charge is 0.352 e. The minimum atomic E-state index is -4.68. The summed E-state index contributed by atoms with van der Waals surface area (Å²) in [6.07, 6.45) is 1.21. The molecule has 0 spiro atoms. The van der Waals surface area contributed by atoms with Crippen molar-refractivity contribution in [1.29, 1.82) is 0 Å². The van der Waals surface area contributed by atoms with Crippen LogP contribution >= 0.6 is 0 Å². The maximum Gasteiger partial charge on any atom is 0.417 e. The van der Waals surface area contributed by atoms with Gasteiger partial charge in [0.25, 0.3) is 5.91 Å². The number of nitrogens with one attached hydrogen (secondary N) is 1. The van der Waals surface area contributed by atoms with Gasteiger partial charge in [-0.1, -0.05) is 31.5 Å². The number of likely N-dealkylation sites (tertiary alicyclic amines) is 1. The molecular formula is C28H37F4N3O. The summed E-state index contributed by atoms with van der Waals surface area (Å²) in [4.78, 5) is 17.5. The summed E-state index contributed by atoms with van der Waals surface area (Å²) in [5.74, 6) is -1.21. The number of rotatable bonds is 11. The molecule has 0 aromatic heterocycles. The van der Waals surface area contributed by atoms with E-state index in [2.05, 4.69) is 29.0 Å². The summed E-state index contributed by atoms with van der Waals surface area (Å²) in [7, 11) is 0. The number of alkyl halides is 3. The van der Waals surface area contributed by atoms with Crippen molar-refractivity contribution in [3.05, 3.63) is 59.4 Å². The lowest BCUT2D eigenvalue weighted by Gasteiger charge is -2.33. The summed E-state index contributed by atoms with van der Waals surface area (Å²) in [5.41, 5.74) is -0.510. The van der Waals surface area contributed by atoms with E-state index in [0.29, 0.717) is 24.2 Å². The number of carbonyl (C=O) groups excluding carboxylic acids is 1. The van der Waals surface area contributed by atoms with Gasteiger partial charge in [-0.25, -0.2) is 4.39 Å². The van der Waals surface area contributed by atoms with Crippen molar-refractivity contribution < 1.29 is 22.4 Å². The number of hydrogen-bond donors (Lipinski definition) is 1. The topological polar surface area (TPSA) is 35.6 Å². The van der Waals surface area contributed by atoms with Gasteiger partial charge in [-0.2, -0.15) is 13.2 Å². The Hall–Kier alpha value is -2.45. The maximum atomic E-state index is 13.4. The second-order valence-corrected chi connectivity index (χ2v) is 9.54. The summed E-state index contributed by atoms with van der Waals surface area (Å²) >= 11 is 0. The molecule has 2 aromatic rings. The molecule has 0 radical (unpaired) electrons. The molecule has 2 aromatic carbocycles. The van der Waals surface area contributed by atoms with Crippen molar-refractivity contribution in [1.82, 2.24) is 15.1 Å². The van der Waals surface area contributed by atoms with Crippen LogP contribution < -0.4 is 5.32 Å². The normalized spacial score (nSPS) is 15.8. The zero-order valence-corrected chi connectivity index (χ0v) is 21.2. The minimum absolute atomic E-state index is 0.120. The van der Waals surface area contributed by atoms with Crippen LogP contribution in [0, 0.1) is 5.82 Å². The Morgan fingerprint density at radius 3 is 2.39 bits per heavy atom. The number of piperidine rings is 1. The lowest BCUT2D eigenvalue weighted by molar-refractivity contribution is -0.137. The van der Waals surface area contributed by atoms with Gasteiger partial charge in [0.15, 0.2) is 0 Å². The fourth-order valence-corrected chi connectivity index (χ4v) is 4.75. The van der Waals surface area contributed by atoms with Gasteiger partial charge < -0.3 is 15.1 Å². The van der Waals surface area contributed by atoms with E-state index < -0.39 is 17.6 Å². The van der Waals surface area contributed by atoms with E-state index in [-0.39, 0.29) is 17.0 Å². The van der Waals surface area contributed by atoms with E-state index in [1.807, 2.05) is 0 Å². The van der Waals surface area contributed by atoms with Crippen LogP contribution in [0.3, 0.4) is 0 Å². The Labute approximate surface area is 211 Å². The van der Waals surface area contributed by atoms with Crippen molar-refractivity contribution in [2.45, 2.75) is 58.2 Å². The van der Waals surface area contributed by atoms with Crippen LogP contribution in [0.25, 0.3) is 11.1 Å². The van der Waals surface area contributed by atoms with Crippen LogP contribution in [0.2, 0.25) is 0 Å². The number of nitrogens with zero attached hydrogens (tertiary/aromatic N) is 2. The van der Waals surface area contributed by atoms with Crippen molar-refractivity contribution >= 4 is 5.91 Å². The van der Waals surface area contributed by atoms with Crippen molar-refractivity contribution in [3.8, 4) is 11.1 Å². The first-order valence-corrected chi connectivity index (χ1v) is 12.9. The first-order chi connectivity index (χ1) is 17.2. The third-order valence-corrected chi connectivity index (χ3v) is 7.01. The highest BCUT2D eigenvalue weighted by molar-refractivity contribution is 5.94. The van der Waals surface area contributed by atoms with Crippen LogP contribution in [0.1, 0.15) is 61.9 Å². The molecule has 1 aliphatic rings. The van der Waals surface area contributed by atoms with Crippen LogP contribution in [0.15, 0.2) is 42.5 Å². The molecule has 1 heterocycles. The molecule has 0 saturated carbocycles. The highest BCUT2D eigenvalue weighted by Crippen LogP contribution is 2.37. The molecule has 0 aliphatic carbocycles. The Balaban J connectivity index is 1.46. The molecule has 8 heteroatoms. The Morgan fingerprint density at radius 1 is 1.06 bits per heavy atom. The number of hydrogen-bond acceptors (Lipinski definition) is 3. The molecule has 1 N–H and O–H groups in total. The number of amides is 1. The molecule has 1 aliphatic heterocycles. The highest BCUT2D eigenvalue weighted by Gasteiger charge is 2.34. The fraction of sp³-hybridized carbons (Fsp3) is 0.536. The summed E-state index contributed by atoms with van der Waals surface area (Å²) in [5, 5.41) is 2.89. The monoisotopic (exact) mass is 507 g/mol. The second-order valence-electron chi connectivity index (χ2n) is 9.54. The van der Waals surface area contributed by atoms with Gasteiger partial charge >= 0.3 is 6.18 Å². The van der Waals surface area contributed by atoms with Crippen LogP contribution in [-0.4, -0.2) is 61.0 Å². The number of benzene rings is 2. The Kier molecular flexibility index (Phi) is 10.3. The third kappa shape index (κ3) is 8.03. The van der Waals surface area contributed by atoms with E-state index in [1.54, 1.807) is 0 Å². The first kappa shape index (κ1) is 28.1. The molecule has 0 bridgehead atoms. The van der Waals surface area contributed by atoms with Gasteiger partial charge in [-0.3, -0.25) is 4.79 Å². The van der Waals surface area contributed by atoms with Crippen LogP contribution in [0.4, 0.5) is 17.6 Å². The molecule has 1 saturated heterocycles. The SMILES string of the molecule is CCN(CCCNC(=O)c1ccc(-c2ccc(F)cc2C(F)(F)F)cc1)CCC(C)N1CCCCC1. The van der Waals surface area contributed by atoms with Gasteiger partial charge in [0.05, 0.1) is 5.56 Å². The Morgan fingerprint density at radius 2 is 1.75 bits per heavy atom. The average Bonchev–Trinajstić information content (AvgIpc) is 2.88. The molecule has 4 nitrogen and oxygen atoms in total. The second kappa shape index (κ2) is 13.2. The van der Waals surface area contributed by atoms with Crippen molar-refractivity contribution in [3.63, 3.8) is 0 Å². The largest absolute Gasteiger partial charge is 0.417 e. The lowest BCUT2D eigenvalue weighted by Crippen LogP contribution is -2.40. The molecule has 1 fully saturated rings. The minimum Gasteiger partial charge on any atom is -0.352 e. The van der Waals surface area contributed by atoms with Gasteiger partial charge in [-0.15, -0.1) is 0 Å². The highest BCUT2D eigenvalue weighted by atomic mass is 19.4. The number of halogens is 4. The summed E-state index contributed by atoms with van der Waals surface area (Å²) in [6.45, 7) is 10.3. The average molecular weight is 508 g/mol. The van der Waals surface area contributed by atoms with Gasteiger partial charge in [0, 0.05) is 18.2 Å². The van der Waals surface area contributed by atoms with Gasteiger partial charge in [0.2, 0.25) is 0 Å². The molecule has 198 valence electrons. The van der Waals surface area contributed by atoms with Crippen LogP contribution in [-0.2, 0) is 6.18 Å². The predicted molar refractivity (Wildman–Crippen MR) is 135 cm³/mol. The quantitative estimate of drug-likeness (QED) is 0.290. The standard InChI is InChI=1S/C28H37F4N3O/c1-3-34(19-14-21(2)35-17-5-4-6-18-35)16-7-15-33-27(36)23-10-8-22(9-11-23)25-13-12-24(29)20-26(25)28(30,31)32/h8-13,20-21H,3-7,14-19H2,1-2H3,(H,33,36). The van der Waals surface area contributed by atoms with E-state index in [9.17, 15) is 22.4 Å². The molecular weight excluding hydrogens is 470 g/mol. The molecule has 36 heavy (non-hydrogen) atoms. The predicted octanol–water partition coefficient (Wildman–Crippen LogP) is 6.22. The van der Waals surface area contributed by atoms with Crippen molar-refractivity contribution in [2.75, 3.05) is 39.3 Å². The summed E-state index contributed by atoms with van der Waals surface area (Å²) in [6, 6.07) is 9.09. The van der Waals surface area contributed by atoms with E-state index in [1.165, 1.54) is 56.6 Å². The molecule has 1 atom stereocenters. The lowest BCUT2D eigenvalue weighted by atomic mass is 9.98. The summed E-state index contributed by atoms with van der Waals surface area (Å²) < 4.78 is 53.3. The van der Waals surface area contributed by atoms with Gasteiger partial charge in [0.1, 0.15) is 5.82 Å². The number of carbonyl (C=O) groups is 1. The zero-order valence-electron chi connectivity index (χ0n) is 21.2. The molecule has 1 amide bonds. The fourth-order valence-electron chi connectivity index (χ4n) is 4.75. The van der Waals surface area contributed by atoms with Crippen molar-refractivity contribution in [2.24, 2.45) is 0 Å². The van der Waals surface area contributed by atoms with E-state index in [4.69, 9.17) is 0 Å². The first-order valence-electron chi connectivity index (χ1n) is 12.9. The molecule has 1 unspecified atom stereocenters. The van der Waals surface area contributed by atoms with E-state index >= 15 is 0 Å². The van der Waals surface area contributed by atoms with E-state index in [0.717, 1.165) is 44.6 Å². The van der Waals surface area contributed by atoms with Crippen LogP contribution in [0.5, 0.6) is 0 Å². The maximum absolute atomic E-state index is 13.4. The molecule has 3 rings (SSSR count). The third-order valence-electron chi connectivity index (χ3n) is 7.01. The zero-order chi connectivity index (χ0) is 26.1. The van der Waals surface area contributed by atoms with Gasteiger partial charge in [-0.05, 0) is 101 Å².